The number of fused-ring (bicyclic) bond motifs is 1. The van der Waals surface area contributed by atoms with E-state index in [1.807, 2.05) is 37.8 Å². The molecule has 0 radical (unpaired) electrons. The predicted octanol–water partition coefficient (Wildman–Crippen LogP) is 3.39. The van der Waals surface area contributed by atoms with E-state index >= 15 is 0 Å². The summed E-state index contributed by atoms with van der Waals surface area (Å²) in [5.74, 6) is 0.973. The van der Waals surface area contributed by atoms with Gasteiger partial charge in [0.05, 0.1) is 46.7 Å². The summed E-state index contributed by atoms with van der Waals surface area (Å²) in [5, 5.41) is 21.8. The lowest BCUT2D eigenvalue weighted by Gasteiger charge is -2.28. The average molecular weight is 471 g/mol. The maximum Gasteiger partial charge on any atom is 0.128 e. The number of piperazine rings is 1. The van der Waals surface area contributed by atoms with Gasteiger partial charge < -0.3 is 10.2 Å². The van der Waals surface area contributed by atoms with Gasteiger partial charge in [0.1, 0.15) is 11.9 Å². The van der Waals surface area contributed by atoms with E-state index in [-0.39, 0.29) is 0 Å². The lowest BCUT2D eigenvalue weighted by Crippen LogP contribution is -2.43. The second-order valence-corrected chi connectivity index (χ2v) is 7.65. The normalized spacial score (nSPS) is 13.5. The number of nitriles is 1. The van der Waals surface area contributed by atoms with E-state index in [0.717, 1.165) is 59.9 Å². The van der Waals surface area contributed by atoms with Crippen LogP contribution in [0, 0.1) is 11.3 Å². The Kier molecular flexibility index (Phi) is 6.87. The van der Waals surface area contributed by atoms with E-state index in [1.54, 1.807) is 15.4 Å². The third-order valence-corrected chi connectivity index (χ3v) is 5.24. The standard InChI is InChI=1S/C21H20N8.Cl2O/c1-27-7-4-19(26-27)16-10-18(21-17(11-22)13-25-29(21)14-16)15-2-3-20(24-12-15)28-8-5-23-6-9-28;1-3-2/h2-4,7,10,12-14,23H,5-6,8-9H2,1H3;. The van der Waals surface area contributed by atoms with Gasteiger partial charge in [-0.15, -0.1) is 0 Å². The molecule has 1 saturated heterocycles. The van der Waals surface area contributed by atoms with Gasteiger partial charge in [-0.05, 0) is 24.3 Å². The monoisotopic (exact) mass is 470 g/mol. The molecule has 9 nitrogen and oxygen atoms in total. The van der Waals surface area contributed by atoms with E-state index in [1.165, 1.54) is 0 Å². The number of aromatic nitrogens is 5. The lowest BCUT2D eigenvalue weighted by atomic mass is 10.0. The fourth-order valence-corrected chi connectivity index (χ4v) is 3.76. The summed E-state index contributed by atoms with van der Waals surface area (Å²) in [5.41, 5.74) is 4.98. The Hall–Kier alpha value is -3.16. The molecule has 164 valence electrons. The number of anilines is 1. The van der Waals surface area contributed by atoms with E-state index < -0.39 is 0 Å². The molecule has 1 fully saturated rings. The molecule has 1 aliphatic heterocycles. The van der Waals surface area contributed by atoms with Gasteiger partial charge >= 0.3 is 0 Å². The Morgan fingerprint density at radius 3 is 2.53 bits per heavy atom. The molecule has 32 heavy (non-hydrogen) atoms. The molecule has 4 aromatic heterocycles. The largest absolute Gasteiger partial charge is 0.354 e. The molecule has 11 heteroatoms. The van der Waals surface area contributed by atoms with Crippen molar-refractivity contribution in [2.75, 3.05) is 31.1 Å². The highest BCUT2D eigenvalue weighted by Gasteiger charge is 2.16. The third-order valence-electron chi connectivity index (χ3n) is 5.24. The topological polar surface area (TPSA) is 96.3 Å². The van der Waals surface area contributed by atoms with Crippen LogP contribution >= 0.6 is 23.7 Å². The molecule has 0 unspecified atom stereocenters. The van der Waals surface area contributed by atoms with E-state index in [2.05, 4.69) is 66.2 Å². The van der Waals surface area contributed by atoms with Gasteiger partial charge in [-0.1, -0.05) is 0 Å². The zero-order chi connectivity index (χ0) is 22.5. The van der Waals surface area contributed by atoms with Gasteiger partial charge in [0.25, 0.3) is 0 Å². The van der Waals surface area contributed by atoms with Gasteiger partial charge in [-0.2, -0.15) is 19.3 Å². The van der Waals surface area contributed by atoms with Crippen LogP contribution in [0.5, 0.6) is 0 Å². The first-order valence-electron chi connectivity index (χ1n) is 9.87. The van der Waals surface area contributed by atoms with Crippen molar-refractivity contribution < 1.29 is 3.84 Å². The summed E-state index contributed by atoms with van der Waals surface area (Å²) in [6, 6.07) is 10.4. The first kappa shape index (κ1) is 22.0. The second kappa shape index (κ2) is 9.97. The minimum absolute atomic E-state index is 0.541. The van der Waals surface area contributed by atoms with Crippen molar-refractivity contribution in [1.29, 1.82) is 5.26 Å². The summed E-state index contributed by atoms with van der Waals surface area (Å²) in [4.78, 5) is 6.98. The number of rotatable bonds is 3. The summed E-state index contributed by atoms with van der Waals surface area (Å²) in [6.07, 6.45) is 7.30. The van der Waals surface area contributed by atoms with Crippen LogP contribution in [0.4, 0.5) is 5.82 Å². The van der Waals surface area contributed by atoms with Crippen molar-refractivity contribution in [3.8, 4) is 28.5 Å². The van der Waals surface area contributed by atoms with Crippen LogP contribution in [-0.4, -0.2) is 50.6 Å². The molecule has 1 N–H and O–H groups in total. The van der Waals surface area contributed by atoms with Gasteiger partial charge in [0, 0.05) is 68.5 Å². The number of nitrogens with one attached hydrogen (secondary N) is 1. The Morgan fingerprint density at radius 2 is 1.91 bits per heavy atom. The highest BCUT2D eigenvalue weighted by Crippen LogP contribution is 2.31. The van der Waals surface area contributed by atoms with Crippen molar-refractivity contribution in [2.24, 2.45) is 7.05 Å². The van der Waals surface area contributed by atoms with Crippen LogP contribution in [0.15, 0.2) is 49.1 Å². The minimum atomic E-state index is 0.541. The van der Waals surface area contributed by atoms with Crippen molar-refractivity contribution >= 4 is 35.1 Å². The van der Waals surface area contributed by atoms with E-state index in [4.69, 9.17) is 4.98 Å². The van der Waals surface area contributed by atoms with Gasteiger partial charge in [-0.25, -0.2) is 9.50 Å². The number of aryl methyl sites for hydroxylation is 1. The number of hydrogen-bond acceptors (Lipinski definition) is 7. The van der Waals surface area contributed by atoms with Crippen LogP contribution in [0.2, 0.25) is 0 Å². The molecular weight excluding hydrogens is 451 g/mol. The average Bonchev–Trinajstić information content (AvgIpc) is 3.45. The predicted molar refractivity (Wildman–Crippen MR) is 123 cm³/mol. The molecule has 0 bridgehead atoms. The first-order chi connectivity index (χ1) is 15.6. The third kappa shape index (κ3) is 4.54. The molecule has 0 atom stereocenters. The second-order valence-electron chi connectivity index (χ2n) is 7.18. The molecule has 0 saturated carbocycles. The molecule has 0 aliphatic carbocycles. The van der Waals surface area contributed by atoms with Crippen LogP contribution in [0.3, 0.4) is 0 Å². The fraction of sp³-hybridized carbons (Fsp3) is 0.238. The molecular formula is C21H20Cl2N8O. The minimum Gasteiger partial charge on any atom is -0.354 e. The Balaban J connectivity index is 0.000000775. The van der Waals surface area contributed by atoms with Crippen molar-refractivity contribution in [2.45, 2.75) is 0 Å². The van der Waals surface area contributed by atoms with Crippen LogP contribution in [-0.2, 0) is 10.9 Å². The molecule has 5 rings (SSSR count). The fourth-order valence-electron chi connectivity index (χ4n) is 3.76. The Labute approximate surface area is 195 Å². The van der Waals surface area contributed by atoms with Crippen LogP contribution in [0.1, 0.15) is 5.56 Å². The molecule has 1 aliphatic rings. The lowest BCUT2D eigenvalue weighted by molar-refractivity contribution is 0.585. The van der Waals surface area contributed by atoms with Crippen molar-refractivity contribution in [3.63, 3.8) is 0 Å². The SMILES string of the molecule is ClOCl.Cn1ccc(-c2cc(-c3ccc(N4CCNCC4)nc3)c3c(C#N)cnn3c2)n1. The maximum absolute atomic E-state index is 9.55. The summed E-state index contributed by atoms with van der Waals surface area (Å²) >= 11 is 8.53. The zero-order valence-corrected chi connectivity index (χ0v) is 18.8. The zero-order valence-electron chi connectivity index (χ0n) is 17.2. The van der Waals surface area contributed by atoms with E-state index in [9.17, 15) is 5.26 Å². The van der Waals surface area contributed by atoms with E-state index in [0.29, 0.717) is 5.56 Å². The molecule has 4 aromatic rings. The number of nitrogens with zero attached hydrogens (tertiary/aromatic N) is 7. The summed E-state index contributed by atoms with van der Waals surface area (Å²) in [7, 11) is 1.89. The Bertz CT molecular complexity index is 1240. The quantitative estimate of drug-likeness (QED) is 0.489. The summed E-state index contributed by atoms with van der Waals surface area (Å²) < 4.78 is 6.72. The maximum atomic E-state index is 9.55. The number of hydrogen-bond donors (Lipinski definition) is 1. The molecule has 0 spiro atoms. The van der Waals surface area contributed by atoms with Gasteiger partial charge in [0.2, 0.25) is 0 Å². The number of halogens is 2. The van der Waals surface area contributed by atoms with Crippen molar-refractivity contribution in [1.82, 2.24) is 29.7 Å². The van der Waals surface area contributed by atoms with Gasteiger partial charge in [-0.3, -0.25) is 4.68 Å². The number of pyridine rings is 2. The van der Waals surface area contributed by atoms with Crippen molar-refractivity contribution in [3.05, 3.63) is 54.6 Å². The molecule has 5 heterocycles. The van der Waals surface area contributed by atoms with Crippen LogP contribution < -0.4 is 10.2 Å². The van der Waals surface area contributed by atoms with Crippen LogP contribution in [0.25, 0.3) is 27.9 Å². The summed E-state index contributed by atoms with van der Waals surface area (Å²) in [6.45, 7) is 3.84. The first-order valence-corrected chi connectivity index (χ1v) is 10.5. The highest BCUT2D eigenvalue weighted by atomic mass is 35.6. The molecule has 0 aromatic carbocycles. The Morgan fingerprint density at radius 1 is 1.12 bits per heavy atom. The molecule has 0 amide bonds. The van der Waals surface area contributed by atoms with Gasteiger partial charge in [0.15, 0.2) is 0 Å². The highest BCUT2D eigenvalue weighted by molar-refractivity contribution is 6.24. The smallest absolute Gasteiger partial charge is 0.128 e.